The van der Waals surface area contributed by atoms with Crippen molar-refractivity contribution in [3.05, 3.63) is 69.8 Å². The maximum atomic E-state index is 13.8. The minimum Gasteiger partial charge on any atom is -0.321 e. The topological polar surface area (TPSA) is 77.6 Å². The van der Waals surface area contributed by atoms with E-state index in [1.54, 1.807) is 6.92 Å². The van der Waals surface area contributed by atoms with Crippen molar-refractivity contribution in [2.24, 2.45) is 0 Å². The largest absolute Gasteiger partial charge is 0.417 e. The molecule has 0 bridgehead atoms. The van der Waals surface area contributed by atoms with Gasteiger partial charge in [-0.1, -0.05) is 29.8 Å². The Hall–Kier alpha value is -3.69. The molecule has 1 fully saturated rings. The summed E-state index contributed by atoms with van der Waals surface area (Å²) >= 11 is 0. The van der Waals surface area contributed by atoms with E-state index in [1.807, 2.05) is 42.8 Å². The summed E-state index contributed by atoms with van der Waals surface area (Å²) in [4.78, 5) is 17.5. The maximum absolute atomic E-state index is 13.8. The zero-order chi connectivity index (χ0) is 25.8. The third kappa shape index (κ3) is 4.59. The molecule has 0 spiro atoms. The molecule has 0 unspecified atom stereocenters. The second kappa shape index (κ2) is 8.76. The molecule has 1 aliphatic carbocycles. The number of rotatable bonds is 6. The number of hydrogen-bond acceptors (Lipinski definition) is 4. The molecule has 0 atom stereocenters. The number of anilines is 1. The SMILES string of the molecule is Cc1ccc(Cn2nc(C)c(NC(=O)Cn3nc(C)c4c(C(F)(F)F)cc(C5CC5)nc43)c2C)cc1. The lowest BCUT2D eigenvalue weighted by atomic mass is 10.1. The summed E-state index contributed by atoms with van der Waals surface area (Å²) in [5, 5.41) is 11.6. The Kier molecular flexibility index (Phi) is 5.84. The van der Waals surface area contributed by atoms with E-state index < -0.39 is 17.6 Å². The Morgan fingerprint density at radius 1 is 1.03 bits per heavy atom. The van der Waals surface area contributed by atoms with Crippen molar-refractivity contribution >= 4 is 22.6 Å². The summed E-state index contributed by atoms with van der Waals surface area (Å²) in [5.41, 5.74) is 4.22. The van der Waals surface area contributed by atoms with Gasteiger partial charge >= 0.3 is 6.18 Å². The van der Waals surface area contributed by atoms with Gasteiger partial charge in [-0.3, -0.25) is 9.48 Å². The number of aryl methyl sites for hydroxylation is 3. The number of carbonyl (C=O) groups is 1. The highest BCUT2D eigenvalue weighted by molar-refractivity contribution is 5.93. The van der Waals surface area contributed by atoms with Crippen LogP contribution < -0.4 is 5.32 Å². The van der Waals surface area contributed by atoms with Crippen LogP contribution >= 0.6 is 0 Å². The number of nitrogens with one attached hydrogen (secondary N) is 1. The third-order valence-electron chi connectivity index (χ3n) is 6.59. The lowest BCUT2D eigenvalue weighted by Gasteiger charge is -2.11. The standard InChI is InChI=1S/C26H27F3N6O/c1-14-5-7-18(8-6-14)12-34-17(4)24(16(3)33-34)31-22(36)13-35-25-23(15(2)32-35)20(26(27,28)29)11-21(30-25)19-9-10-19/h5-8,11,19H,9-10,12-13H2,1-4H3,(H,31,36). The van der Waals surface area contributed by atoms with Gasteiger partial charge in [0, 0.05) is 11.6 Å². The average molecular weight is 497 g/mol. The van der Waals surface area contributed by atoms with Crippen LogP contribution in [0.15, 0.2) is 30.3 Å². The summed E-state index contributed by atoms with van der Waals surface area (Å²) in [6.45, 7) is 7.51. The predicted molar refractivity (Wildman–Crippen MR) is 130 cm³/mol. The molecule has 3 heterocycles. The molecule has 4 aromatic rings. The number of halogens is 3. The summed E-state index contributed by atoms with van der Waals surface area (Å²) in [7, 11) is 0. The first kappa shape index (κ1) is 24.0. The summed E-state index contributed by atoms with van der Waals surface area (Å²) in [6.07, 6.45) is -2.91. The van der Waals surface area contributed by atoms with Crippen molar-refractivity contribution in [1.82, 2.24) is 24.5 Å². The second-order valence-corrected chi connectivity index (χ2v) is 9.55. The van der Waals surface area contributed by atoms with Crippen LogP contribution in [0.1, 0.15) is 58.2 Å². The van der Waals surface area contributed by atoms with Crippen molar-refractivity contribution in [3.8, 4) is 0 Å². The molecule has 7 nitrogen and oxygen atoms in total. The molecule has 1 aromatic carbocycles. The van der Waals surface area contributed by atoms with Crippen molar-refractivity contribution < 1.29 is 18.0 Å². The number of fused-ring (bicyclic) bond motifs is 1. The average Bonchev–Trinajstić information content (AvgIpc) is 3.57. The fraction of sp³-hybridized carbons (Fsp3) is 0.385. The van der Waals surface area contributed by atoms with Crippen LogP contribution in [-0.4, -0.2) is 30.5 Å². The van der Waals surface area contributed by atoms with Crippen LogP contribution in [0.5, 0.6) is 0 Å². The van der Waals surface area contributed by atoms with Crippen LogP contribution in [0.25, 0.3) is 11.0 Å². The normalized spacial score (nSPS) is 14.0. The third-order valence-corrected chi connectivity index (χ3v) is 6.59. The van der Waals surface area contributed by atoms with Crippen LogP contribution in [0.3, 0.4) is 0 Å². The van der Waals surface area contributed by atoms with E-state index in [2.05, 4.69) is 20.5 Å². The maximum Gasteiger partial charge on any atom is 0.417 e. The Bertz CT molecular complexity index is 1460. The number of hydrogen-bond donors (Lipinski definition) is 1. The van der Waals surface area contributed by atoms with Gasteiger partial charge in [-0.15, -0.1) is 0 Å². The zero-order valence-electron chi connectivity index (χ0n) is 20.6. The molecule has 1 N–H and O–H groups in total. The number of benzene rings is 1. The molecule has 5 rings (SSSR count). The lowest BCUT2D eigenvalue weighted by Crippen LogP contribution is -2.21. The van der Waals surface area contributed by atoms with Gasteiger partial charge in [0.15, 0.2) is 5.65 Å². The van der Waals surface area contributed by atoms with E-state index in [9.17, 15) is 18.0 Å². The van der Waals surface area contributed by atoms with Gasteiger partial charge < -0.3 is 5.32 Å². The summed E-state index contributed by atoms with van der Waals surface area (Å²) in [6, 6.07) is 9.27. The highest BCUT2D eigenvalue weighted by Gasteiger charge is 2.37. The molecule has 36 heavy (non-hydrogen) atoms. The van der Waals surface area contributed by atoms with Crippen molar-refractivity contribution in [2.75, 3.05) is 5.32 Å². The van der Waals surface area contributed by atoms with Crippen molar-refractivity contribution in [2.45, 2.75) is 65.7 Å². The van der Waals surface area contributed by atoms with Gasteiger partial charge in [0.25, 0.3) is 0 Å². The number of pyridine rings is 1. The molecule has 3 aromatic heterocycles. The fourth-order valence-corrected chi connectivity index (χ4v) is 4.51. The van der Waals surface area contributed by atoms with Crippen molar-refractivity contribution in [3.63, 3.8) is 0 Å². The highest BCUT2D eigenvalue weighted by Crippen LogP contribution is 2.43. The molecule has 10 heteroatoms. The first-order valence-corrected chi connectivity index (χ1v) is 11.9. The number of carbonyl (C=O) groups excluding carboxylic acids is 1. The first-order valence-electron chi connectivity index (χ1n) is 11.9. The van der Waals surface area contributed by atoms with E-state index in [0.29, 0.717) is 23.6 Å². The van der Waals surface area contributed by atoms with Crippen molar-refractivity contribution in [1.29, 1.82) is 0 Å². The number of alkyl halides is 3. The Morgan fingerprint density at radius 2 is 1.69 bits per heavy atom. The molecule has 1 saturated carbocycles. The molecule has 0 radical (unpaired) electrons. The van der Waals surface area contributed by atoms with E-state index >= 15 is 0 Å². The van der Waals surface area contributed by atoms with Gasteiger partial charge in [-0.05, 0) is 52.2 Å². The van der Waals surface area contributed by atoms with E-state index in [-0.39, 0.29) is 29.2 Å². The minimum atomic E-state index is -4.54. The number of amides is 1. The Morgan fingerprint density at radius 3 is 2.33 bits per heavy atom. The van der Waals surface area contributed by atoms with Gasteiger partial charge in [0.1, 0.15) is 6.54 Å². The quantitative estimate of drug-likeness (QED) is 0.385. The van der Waals surface area contributed by atoms with E-state index in [4.69, 9.17) is 0 Å². The molecule has 188 valence electrons. The van der Waals surface area contributed by atoms with Gasteiger partial charge in [0.2, 0.25) is 5.91 Å². The first-order chi connectivity index (χ1) is 17.0. The summed E-state index contributed by atoms with van der Waals surface area (Å²) < 4.78 is 44.6. The number of aromatic nitrogens is 5. The van der Waals surface area contributed by atoms with Gasteiger partial charge in [0.05, 0.1) is 40.3 Å². The molecular formula is C26H27F3N6O. The van der Waals surface area contributed by atoms with Crippen LogP contribution in [0.4, 0.5) is 18.9 Å². The van der Waals surface area contributed by atoms with Gasteiger partial charge in [-0.25, -0.2) is 9.67 Å². The molecule has 0 saturated heterocycles. The fourth-order valence-electron chi connectivity index (χ4n) is 4.51. The molecular weight excluding hydrogens is 469 g/mol. The Balaban J connectivity index is 1.41. The molecule has 0 aliphatic heterocycles. The van der Waals surface area contributed by atoms with Crippen LogP contribution in [-0.2, 0) is 24.1 Å². The van der Waals surface area contributed by atoms with Gasteiger partial charge in [-0.2, -0.15) is 23.4 Å². The number of nitrogens with zero attached hydrogens (tertiary/aromatic N) is 5. The molecule has 1 amide bonds. The lowest BCUT2D eigenvalue weighted by molar-refractivity contribution is -0.136. The van der Waals surface area contributed by atoms with E-state index in [0.717, 1.165) is 30.2 Å². The smallest absolute Gasteiger partial charge is 0.321 e. The minimum absolute atomic E-state index is 0.0256. The predicted octanol–water partition coefficient (Wildman–Crippen LogP) is 5.44. The van der Waals surface area contributed by atoms with E-state index in [1.165, 1.54) is 17.2 Å². The van der Waals surface area contributed by atoms with Crippen LogP contribution in [0, 0.1) is 27.7 Å². The Labute approximate surface area is 206 Å². The zero-order valence-corrected chi connectivity index (χ0v) is 20.6. The molecule has 1 aliphatic rings. The highest BCUT2D eigenvalue weighted by atomic mass is 19.4. The monoisotopic (exact) mass is 496 g/mol. The van der Waals surface area contributed by atoms with Crippen LogP contribution in [0.2, 0.25) is 0 Å². The summed E-state index contributed by atoms with van der Waals surface area (Å²) in [5.74, 6) is -0.384. The second-order valence-electron chi connectivity index (χ2n) is 9.55.